The van der Waals surface area contributed by atoms with E-state index in [4.69, 9.17) is 5.73 Å². The van der Waals surface area contributed by atoms with Crippen LogP contribution >= 0.6 is 0 Å². The second-order valence-corrected chi connectivity index (χ2v) is 4.43. The van der Waals surface area contributed by atoms with Crippen molar-refractivity contribution in [1.29, 1.82) is 0 Å². The molecule has 9 nitrogen and oxygen atoms in total. The molecule has 1 saturated heterocycles. The van der Waals surface area contributed by atoms with Gasteiger partial charge in [0.05, 0.1) is 21.5 Å². The SMILES string of the molecule is NC(=O)c1cc([N+](=O)[O-])cc([N+](=O)[O-])c1N1CCCC1. The summed E-state index contributed by atoms with van der Waals surface area (Å²) in [5.74, 6) is -0.918. The van der Waals surface area contributed by atoms with E-state index in [1.807, 2.05) is 0 Å². The van der Waals surface area contributed by atoms with Crippen LogP contribution in [0, 0.1) is 20.2 Å². The highest BCUT2D eigenvalue weighted by atomic mass is 16.6. The lowest BCUT2D eigenvalue weighted by molar-refractivity contribution is -0.393. The van der Waals surface area contributed by atoms with E-state index >= 15 is 0 Å². The van der Waals surface area contributed by atoms with E-state index in [0.717, 1.165) is 25.0 Å². The van der Waals surface area contributed by atoms with Gasteiger partial charge in [0.15, 0.2) is 0 Å². The standard InChI is InChI=1S/C11H12N4O5/c12-11(16)8-5-7(14(17)18)6-9(15(19)20)10(8)13-3-1-2-4-13/h5-6H,1-4H2,(H2,12,16). The van der Waals surface area contributed by atoms with E-state index < -0.39 is 27.1 Å². The number of nitrogens with two attached hydrogens (primary N) is 1. The van der Waals surface area contributed by atoms with E-state index in [0.29, 0.717) is 13.1 Å². The first-order chi connectivity index (χ1) is 9.41. The van der Waals surface area contributed by atoms with Crippen molar-refractivity contribution >= 4 is 23.0 Å². The number of hydrogen-bond acceptors (Lipinski definition) is 6. The van der Waals surface area contributed by atoms with Gasteiger partial charge in [0.1, 0.15) is 5.69 Å². The van der Waals surface area contributed by atoms with Gasteiger partial charge >= 0.3 is 0 Å². The zero-order valence-electron chi connectivity index (χ0n) is 10.4. The minimum Gasteiger partial charge on any atom is -0.366 e. The predicted octanol–water partition coefficient (Wildman–Crippen LogP) is 1.20. The fourth-order valence-electron chi connectivity index (χ4n) is 2.31. The molecule has 1 heterocycles. The van der Waals surface area contributed by atoms with Crippen molar-refractivity contribution in [2.45, 2.75) is 12.8 Å². The lowest BCUT2D eigenvalue weighted by atomic mass is 10.1. The summed E-state index contributed by atoms with van der Waals surface area (Å²) < 4.78 is 0. The highest BCUT2D eigenvalue weighted by molar-refractivity contribution is 6.02. The monoisotopic (exact) mass is 280 g/mol. The van der Waals surface area contributed by atoms with Gasteiger partial charge in [0, 0.05) is 19.2 Å². The number of nitrogens with zero attached hydrogens (tertiary/aromatic N) is 3. The van der Waals surface area contributed by atoms with Gasteiger partial charge in [-0.25, -0.2) is 0 Å². The molecule has 1 aromatic rings. The van der Waals surface area contributed by atoms with Gasteiger partial charge in [-0.05, 0) is 12.8 Å². The Hall–Kier alpha value is -2.71. The molecular weight excluding hydrogens is 268 g/mol. The van der Waals surface area contributed by atoms with Crippen molar-refractivity contribution in [3.05, 3.63) is 37.9 Å². The van der Waals surface area contributed by atoms with Gasteiger partial charge in [-0.2, -0.15) is 0 Å². The minimum absolute atomic E-state index is 0.0746. The number of carbonyl (C=O) groups is 1. The summed E-state index contributed by atoms with van der Waals surface area (Å²) in [5.41, 5.74) is 4.11. The maximum atomic E-state index is 11.5. The molecule has 0 aromatic heterocycles. The van der Waals surface area contributed by atoms with Crippen LogP contribution in [-0.4, -0.2) is 28.8 Å². The summed E-state index contributed by atoms with van der Waals surface area (Å²) in [4.78, 5) is 33.6. The average Bonchev–Trinajstić information content (AvgIpc) is 2.90. The van der Waals surface area contributed by atoms with Gasteiger partial charge in [0.2, 0.25) is 0 Å². The van der Waals surface area contributed by atoms with Crippen LogP contribution < -0.4 is 10.6 Å². The maximum absolute atomic E-state index is 11.5. The largest absolute Gasteiger partial charge is 0.366 e. The summed E-state index contributed by atoms with van der Waals surface area (Å²) >= 11 is 0. The predicted molar refractivity (Wildman–Crippen MR) is 69.7 cm³/mol. The normalized spacial score (nSPS) is 14.3. The third-order valence-corrected chi connectivity index (χ3v) is 3.17. The van der Waals surface area contributed by atoms with E-state index in [-0.39, 0.29) is 11.3 Å². The molecule has 2 rings (SSSR count). The first-order valence-corrected chi connectivity index (χ1v) is 5.93. The Labute approximate surface area is 113 Å². The summed E-state index contributed by atoms with van der Waals surface area (Å²) in [5, 5.41) is 21.9. The number of non-ortho nitro benzene ring substituents is 1. The van der Waals surface area contributed by atoms with Crippen LogP contribution in [0.4, 0.5) is 17.1 Å². The molecule has 1 aliphatic heterocycles. The smallest absolute Gasteiger partial charge is 0.300 e. The molecule has 1 fully saturated rings. The molecule has 0 radical (unpaired) electrons. The van der Waals surface area contributed by atoms with Crippen molar-refractivity contribution in [2.75, 3.05) is 18.0 Å². The number of carbonyl (C=O) groups excluding carboxylic acids is 1. The number of nitro groups is 2. The Morgan fingerprint density at radius 2 is 1.75 bits per heavy atom. The van der Waals surface area contributed by atoms with Crippen molar-refractivity contribution in [1.82, 2.24) is 0 Å². The molecular formula is C11H12N4O5. The number of benzene rings is 1. The third-order valence-electron chi connectivity index (χ3n) is 3.17. The van der Waals surface area contributed by atoms with Crippen LogP contribution in [0.5, 0.6) is 0 Å². The molecule has 0 saturated carbocycles. The quantitative estimate of drug-likeness (QED) is 0.650. The first-order valence-electron chi connectivity index (χ1n) is 5.93. The molecule has 0 aliphatic carbocycles. The topological polar surface area (TPSA) is 133 Å². The van der Waals surface area contributed by atoms with Crippen molar-refractivity contribution in [3.63, 3.8) is 0 Å². The molecule has 0 unspecified atom stereocenters. The summed E-state index contributed by atoms with van der Waals surface area (Å²) in [7, 11) is 0. The first kappa shape index (κ1) is 13.7. The Balaban J connectivity index is 2.70. The number of hydrogen-bond donors (Lipinski definition) is 1. The van der Waals surface area contributed by atoms with Crippen LogP contribution in [-0.2, 0) is 0 Å². The Bertz CT molecular complexity index is 559. The minimum atomic E-state index is -0.918. The van der Waals surface area contributed by atoms with Crippen LogP contribution in [0.2, 0.25) is 0 Å². The second-order valence-electron chi connectivity index (χ2n) is 4.43. The molecule has 9 heteroatoms. The molecule has 20 heavy (non-hydrogen) atoms. The van der Waals surface area contributed by atoms with E-state index in [9.17, 15) is 25.0 Å². The second kappa shape index (κ2) is 5.11. The number of amides is 1. The number of primary amides is 1. The molecule has 1 aromatic carbocycles. The molecule has 0 atom stereocenters. The molecule has 2 N–H and O–H groups in total. The lowest BCUT2D eigenvalue weighted by Crippen LogP contribution is -2.24. The molecule has 0 spiro atoms. The van der Waals surface area contributed by atoms with Crippen LogP contribution in [0.1, 0.15) is 23.2 Å². The van der Waals surface area contributed by atoms with Gasteiger partial charge in [0.25, 0.3) is 17.3 Å². The van der Waals surface area contributed by atoms with Crippen LogP contribution in [0.3, 0.4) is 0 Å². The summed E-state index contributed by atoms with van der Waals surface area (Å²) in [6.07, 6.45) is 1.68. The third kappa shape index (κ3) is 2.37. The molecule has 0 bridgehead atoms. The van der Waals surface area contributed by atoms with Gasteiger partial charge in [-0.3, -0.25) is 25.0 Å². The molecule has 1 aliphatic rings. The molecule has 1 amide bonds. The number of anilines is 1. The highest BCUT2D eigenvalue weighted by Gasteiger charge is 2.31. The van der Waals surface area contributed by atoms with Gasteiger partial charge < -0.3 is 10.6 Å². The van der Waals surface area contributed by atoms with Crippen molar-refractivity contribution in [3.8, 4) is 0 Å². The molecule has 106 valence electrons. The van der Waals surface area contributed by atoms with Crippen molar-refractivity contribution in [2.24, 2.45) is 5.73 Å². The maximum Gasteiger partial charge on any atom is 0.300 e. The Morgan fingerprint density at radius 1 is 1.15 bits per heavy atom. The zero-order chi connectivity index (χ0) is 14.9. The highest BCUT2D eigenvalue weighted by Crippen LogP contribution is 2.37. The zero-order valence-corrected chi connectivity index (χ0v) is 10.4. The Morgan fingerprint density at radius 3 is 2.20 bits per heavy atom. The lowest BCUT2D eigenvalue weighted by Gasteiger charge is -2.19. The van der Waals surface area contributed by atoms with Crippen molar-refractivity contribution < 1.29 is 14.6 Å². The van der Waals surface area contributed by atoms with Gasteiger partial charge in [-0.15, -0.1) is 0 Å². The van der Waals surface area contributed by atoms with Gasteiger partial charge in [-0.1, -0.05) is 0 Å². The number of rotatable bonds is 4. The van der Waals surface area contributed by atoms with Crippen LogP contribution in [0.15, 0.2) is 12.1 Å². The van der Waals surface area contributed by atoms with E-state index in [1.54, 1.807) is 4.90 Å². The van der Waals surface area contributed by atoms with E-state index in [1.165, 1.54) is 0 Å². The fraction of sp³-hybridized carbons (Fsp3) is 0.364. The van der Waals surface area contributed by atoms with E-state index in [2.05, 4.69) is 0 Å². The fourth-order valence-corrected chi connectivity index (χ4v) is 2.31. The van der Waals surface area contributed by atoms with Crippen LogP contribution in [0.25, 0.3) is 0 Å². The summed E-state index contributed by atoms with van der Waals surface area (Å²) in [6.45, 7) is 1.11. The Kier molecular flexibility index (Phi) is 3.51. The average molecular weight is 280 g/mol. The summed E-state index contributed by atoms with van der Waals surface area (Å²) in [6, 6.07) is 1.85. The number of nitro benzene ring substituents is 2.